The van der Waals surface area contributed by atoms with Gasteiger partial charge in [0.1, 0.15) is 27.5 Å². The van der Waals surface area contributed by atoms with Gasteiger partial charge in [0, 0.05) is 11.3 Å². The van der Waals surface area contributed by atoms with Crippen LogP contribution in [0, 0.1) is 12.7 Å². The predicted molar refractivity (Wildman–Crippen MR) is 121 cm³/mol. The number of para-hydroxylation sites is 1. The zero-order valence-corrected chi connectivity index (χ0v) is 18.8. The van der Waals surface area contributed by atoms with Crippen LogP contribution in [-0.2, 0) is 15.4 Å². The van der Waals surface area contributed by atoms with E-state index in [0.717, 1.165) is 20.9 Å². The number of nitrogens with zero attached hydrogens (tertiary/aromatic N) is 2. The summed E-state index contributed by atoms with van der Waals surface area (Å²) in [5, 5.41) is 4.23. The van der Waals surface area contributed by atoms with Crippen LogP contribution in [0.3, 0.4) is 0 Å². The molecule has 0 spiro atoms. The molecule has 9 heteroatoms. The zero-order chi connectivity index (χ0) is 21.9. The molecule has 1 aliphatic rings. The Morgan fingerprint density at radius 2 is 1.93 bits per heavy atom. The molecule has 158 valence electrons. The van der Waals surface area contributed by atoms with Crippen molar-refractivity contribution in [2.45, 2.75) is 38.0 Å². The zero-order valence-electron chi connectivity index (χ0n) is 17.2. The molecule has 1 aliphatic heterocycles. The Labute approximate surface area is 179 Å². The van der Waals surface area contributed by atoms with Gasteiger partial charge in [0.25, 0.3) is 0 Å². The van der Waals surface area contributed by atoms with Crippen LogP contribution in [0.4, 0.5) is 15.8 Å². The molecule has 30 heavy (non-hydrogen) atoms. The van der Waals surface area contributed by atoms with E-state index in [4.69, 9.17) is 5.73 Å². The Balaban J connectivity index is 1.78. The van der Waals surface area contributed by atoms with Crippen molar-refractivity contribution in [2.24, 2.45) is 10.7 Å². The van der Waals surface area contributed by atoms with Crippen molar-refractivity contribution >= 4 is 48.6 Å². The van der Waals surface area contributed by atoms with Crippen LogP contribution in [0.25, 0.3) is 10.2 Å². The second kappa shape index (κ2) is 6.75. The van der Waals surface area contributed by atoms with Gasteiger partial charge < -0.3 is 11.1 Å². The van der Waals surface area contributed by atoms with E-state index < -0.39 is 25.9 Å². The van der Waals surface area contributed by atoms with Crippen molar-refractivity contribution < 1.29 is 12.8 Å². The van der Waals surface area contributed by atoms with Crippen molar-refractivity contribution in [3.8, 4) is 0 Å². The van der Waals surface area contributed by atoms with E-state index in [-0.39, 0.29) is 17.2 Å². The first-order valence-corrected chi connectivity index (χ1v) is 11.9. The summed E-state index contributed by atoms with van der Waals surface area (Å²) in [5.74, 6) is -0.872. The van der Waals surface area contributed by atoms with Crippen molar-refractivity contribution in [1.82, 2.24) is 4.98 Å². The maximum atomic E-state index is 14.8. The van der Waals surface area contributed by atoms with Gasteiger partial charge in [-0.2, -0.15) is 0 Å². The summed E-state index contributed by atoms with van der Waals surface area (Å²) in [6.45, 7) is 6.58. The molecule has 4 rings (SSSR count). The summed E-state index contributed by atoms with van der Waals surface area (Å²) in [6.07, 6.45) is 0. The Morgan fingerprint density at radius 3 is 2.63 bits per heavy atom. The number of amidine groups is 1. The van der Waals surface area contributed by atoms with Crippen LogP contribution in [0.5, 0.6) is 0 Å². The molecule has 0 radical (unpaired) electrons. The van der Waals surface area contributed by atoms with Crippen LogP contribution < -0.4 is 11.1 Å². The highest BCUT2D eigenvalue weighted by Gasteiger charge is 2.49. The van der Waals surface area contributed by atoms with E-state index in [1.165, 1.54) is 19.9 Å². The Kier molecular flexibility index (Phi) is 4.66. The third kappa shape index (κ3) is 3.26. The number of anilines is 2. The molecule has 2 heterocycles. The van der Waals surface area contributed by atoms with Gasteiger partial charge in [0.2, 0.25) is 0 Å². The largest absolute Gasteiger partial charge is 0.386 e. The SMILES string of the molecule is Cc1nc2c(Nc3ccc(F)c([C@]4(C)CS(=O)(=O)C(C)(C)C(N)=N4)c3)cccc2s1. The van der Waals surface area contributed by atoms with Gasteiger partial charge in [-0.05, 0) is 58.0 Å². The molecule has 0 unspecified atom stereocenters. The lowest BCUT2D eigenvalue weighted by atomic mass is 9.92. The standard InChI is InChI=1S/C21H23FN4O2S2/c1-12-24-18-16(6-5-7-17(18)29-12)25-13-8-9-15(22)14(10-13)21(4)11-30(27,28)20(2,3)19(23)26-21/h5-10,25H,11H2,1-4H3,(H2,23,26)/t21-/m0/s1. The average Bonchev–Trinajstić information content (AvgIpc) is 3.02. The number of hydrogen-bond donors (Lipinski definition) is 2. The summed E-state index contributed by atoms with van der Waals surface area (Å²) in [6, 6.07) is 10.3. The molecule has 3 aromatic rings. The molecular formula is C21H23FN4O2S2. The Morgan fingerprint density at radius 1 is 1.20 bits per heavy atom. The van der Waals surface area contributed by atoms with Gasteiger partial charge in [0.15, 0.2) is 9.84 Å². The van der Waals surface area contributed by atoms with E-state index in [0.29, 0.717) is 5.69 Å². The summed E-state index contributed by atoms with van der Waals surface area (Å²) in [5.41, 5.74) is 7.10. The molecule has 3 N–H and O–H groups in total. The number of hydrogen-bond acceptors (Lipinski definition) is 7. The Bertz CT molecular complexity index is 1300. The van der Waals surface area contributed by atoms with Gasteiger partial charge in [-0.3, -0.25) is 4.99 Å². The van der Waals surface area contributed by atoms with Crippen LogP contribution in [0.1, 0.15) is 31.3 Å². The highest BCUT2D eigenvalue weighted by Crippen LogP contribution is 2.39. The minimum absolute atomic E-state index is 0.0169. The fraction of sp³-hybridized carbons (Fsp3) is 0.333. The fourth-order valence-electron chi connectivity index (χ4n) is 3.61. The number of aromatic nitrogens is 1. The second-order valence-electron chi connectivity index (χ2n) is 8.25. The number of benzene rings is 2. The van der Waals surface area contributed by atoms with Crippen LogP contribution in [-0.4, -0.2) is 29.7 Å². The summed E-state index contributed by atoms with van der Waals surface area (Å²) in [4.78, 5) is 8.99. The van der Waals surface area contributed by atoms with E-state index in [1.807, 2.05) is 25.1 Å². The van der Waals surface area contributed by atoms with Crippen molar-refractivity contribution in [2.75, 3.05) is 11.1 Å². The topological polar surface area (TPSA) is 97.4 Å². The van der Waals surface area contributed by atoms with Crippen molar-refractivity contribution in [1.29, 1.82) is 0 Å². The molecule has 2 aromatic carbocycles. The first kappa shape index (κ1) is 20.7. The molecule has 1 aromatic heterocycles. The number of nitrogens with one attached hydrogen (secondary N) is 1. The van der Waals surface area contributed by atoms with Crippen LogP contribution >= 0.6 is 11.3 Å². The van der Waals surface area contributed by atoms with Crippen molar-refractivity contribution in [3.63, 3.8) is 0 Å². The predicted octanol–water partition coefficient (Wildman–Crippen LogP) is 4.27. The van der Waals surface area contributed by atoms with Gasteiger partial charge >= 0.3 is 0 Å². The minimum Gasteiger partial charge on any atom is -0.386 e. The molecule has 1 atom stereocenters. The highest BCUT2D eigenvalue weighted by atomic mass is 32.2. The highest BCUT2D eigenvalue weighted by molar-refractivity contribution is 7.93. The lowest BCUT2D eigenvalue weighted by Crippen LogP contribution is -2.54. The smallest absolute Gasteiger partial charge is 0.165 e. The maximum Gasteiger partial charge on any atom is 0.165 e. The van der Waals surface area contributed by atoms with Gasteiger partial charge in [-0.15, -0.1) is 11.3 Å². The molecular weight excluding hydrogens is 423 g/mol. The lowest BCUT2D eigenvalue weighted by molar-refractivity contribution is 0.476. The summed E-state index contributed by atoms with van der Waals surface area (Å²) < 4.78 is 40.3. The van der Waals surface area contributed by atoms with Gasteiger partial charge in [0.05, 0.1) is 21.1 Å². The molecule has 0 amide bonds. The van der Waals surface area contributed by atoms with E-state index >= 15 is 0 Å². The molecule has 0 saturated carbocycles. The van der Waals surface area contributed by atoms with Crippen LogP contribution in [0.15, 0.2) is 41.4 Å². The normalized spacial score (nSPS) is 22.6. The van der Waals surface area contributed by atoms with E-state index in [1.54, 1.807) is 30.4 Å². The monoisotopic (exact) mass is 446 g/mol. The first-order valence-electron chi connectivity index (χ1n) is 9.44. The average molecular weight is 447 g/mol. The quantitative estimate of drug-likeness (QED) is 0.626. The maximum absolute atomic E-state index is 14.8. The molecule has 0 bridgehead atoms. The number of thiazole rings is 1. The third-order valence-electron chi connectivity index (χ3n) is 5.58. The number of halogens is 1. The summed E-state index contributed by atoms with van der Waals surface area (Å²) >= 11 is 1.59. The van der Waals surface area contributed by atoms with E-state index in [2.05, 4.69) is 15.3 Å². The number of aryl methyl sites for hydroxylation is 1. The number of nitrogens with two attached hydrogens (primary N) is 1. The van der Waals surface area contributed by atoms with Crippen molar-refractivity contribution in [3.05, 3.63) is 52.8 Å². The Hall–Kier alpha value is -2.52. The number of sulfone groups is 1. The number of rotatable bonds is 3. The fourth-order valence-corrected chi connectivity index (χ4v) is 6.15. The molecule has 0 fully saturated rings. The second-order valence-corrected chi connectivity index (χ2v) is 12.0. The molecule has 0 aliphatic carbocycles. The molecule has 6 nitrogen and oxygen atoms in total. The third-order valence-corrected chi connectivity index (χ3v) is 9.23. The number of aliphatic imine (C=N–C) groups is 1. The van der Waals surface area contributed by atoms with E-state index in [9.17, 15) is 12.8 Å². The first-order chi connectivity index (χ1) is 13.9. The summed E-state index contributed by atoms with van der Waals surface area (Å²) in [7, 11) is -3.63. The van der Waals surface area contributed by atoms with Crippen LogP contribution in [0.2, 0.25) is 0 Å². The lowest BCUT2D eigenvalue weighted by Gasteiger charge is -2.38. The van der Waals surface area contributed by atoms with Gasteiger partial charge in [-0.25, -0.2) is 17.8 Å². The molecule has 0 saturated heterocycles. The minimum atomic E-state index is -3.63. The van der Waals surface area contributed by atoms with Gasteiger partial charge in [-0.1, -0.05) is 6.07 Å². The number of fused-ring (bicyclic) bond motifs is 1.